The molecule has 0 unspecified atom stereocenters. The van der Waals surface area contributed by atoms with Crippen LogP contribution < -0.4 is 5.32 Å². The lowest BCUT2D eigenvalue weighted by Crippen LogP contribution is -2.15. The van der Waals surface area contributed by atoms with Crippen molar-refractivity contribution in [2.45, 2.75) is 13.5 Å². The van der Waals surface area contributed by atoms with Gasteiger partial charge in [0.15, 0.2) is 0 Å². The van der Waals surface area contributed by atoms with E-state index in [1.165, 1.54) is 23.4 Å². The summed E-state index contributed by atoms with van der Waals surface area (Å²) in [4.78, 5) is 19.9. The topological polar surface area (TPSA) is 69.0 Å². The summed E-state index contributed by atoms with van der Waals surface area (Å²) in [6.07, 6.45) is 4.94. The molecule has 0 amide bonds. The van der Waals surface area contributed by atoms with E-state index in [0.29, 0.717) is 24.5 Å². The van der Waals surface area contributed by atoms with Gasteiger partial charge in [-0.05, 0) is 24.4 Å². The molecule has 0 saturated carbocycles. The molecule has 3 aromatic rings. The first-order valence-corrected chi connectivity index (χ1v) is 7.54. The first-order chi connectivity index (χ1) is 11.3. The average molecular weight is 310 g/mol. The molecule has 6 heteroatoms. The Morgan fingerprint density at radius 1 is 1.30 bits per heavy atom. The number of carbonyl (C=O) groups excluding carboxylic acids is 1. The van der Waals surface area contributed by atoms with Gasteiger partial charge in [0.2, 0.25) is 0 Å². The molecule has 2 heterocycles. The van der Waals surface area contributed by atoms with Gasteiger partial charge in [0.25, 0.3) is 0 Å². The zero-order chi connectivity index (χ0) is 16.1. The zero-order valence-corrected chi connectivity index (χ0v) is 12.9. The van der Waals surface area contributed by atoms with Gasteiger partial charge in [-0.1, -0.05) is 18.2 Å². The molecule has 0 fully saturated rings. The molecule has 3 rings (SSSR count). The predicted octanol–water partition coefficient (Wildman–Crippen LogP) is 2.72. The summed E-state index contributed by atoms with van der Waals surface area (Å²) >= 11 is 0. The Morgan fingerprint density at radius 2 is 2.17 bits per heavy atom. The number of rotatable bonds is 6. The van der Waals surface area contributed by atoms with E-state index in [0.717, 1.165) is 6.54 Å². The average Bonchev–Trinajstić information content (AvgIpc) is 2.99. The lowest BCUT2D eigenvalue weighted by atomic mass is 10.2. The predicted molar refractivity (Wildman–Crippen MR) is 88.4 cm³/mol. The Balaban J connectivity index is 1.68. The minimum absolute atomic E-state index is 0.322. The van der Waals surface area contributed by atoms with Crippen LogP contribution in [0.3, 0.4) is 0 Å². The highest BCUT2D eigenvalue weighted by atomic mass is 16.5. The second-order valence-corrected chi connectivity index (χ2v) is 5.00. The SMILES string of the molecule is CCOC(=O)c1cncnc1NCCn1ccc2ccccc21. The lowest BCUT2D eigenvalue weighted by molar-refractivity contribution is 0.0526. The lowest BCUT2D eigenvalue weighted by Gasteiger charge is -2.10. The normalized spacial score (nSPS) is 10.7. The van der Waals surface area contributed by atoms with Crippen LogP contribution in [0.15, 0.2) is 49.1 Å². The van der Waals surface area contributed by atoms with Crippen molar-refractivity contribution in [3.05, 3.63) is 54.6 Å². The first kappa shape index (κ1) is 15.0. The number of nitrogens with zero attached hydrogens (tertiary/aromatic N) is 3. The highest BCUT2D eigenvalue weighted by Crippen LogP contribution is 2.15. The molecular weight excluding hydrogens is 292 g/mol. The van der Waals surface area contributed by atoms with E-state index >= 15 is 0 Å². The van der Waals surface area contributed by atoms with Crippen LogP contribution in [0, 0.1) is 0 Å². The molecule has 0 saturated heterocycles. The van der Waals surface area contributed by atoms with Crippen molar-refractivity contribution in [2.24, 2.45) is 0 Å². The van der Waals surface area contributed by atoms with Gasteiger partial charge in [-0.15, -0.1) is 0 Å². The van der Waals surface area contributed by atoms with Crippen molar-refractivity contribution in [1.29, 1.82) is 0 Å². The molecule has 0 bridgehead atoms. The van der Waals surface area contributed by atoms with Crippen LogP contribution in [0.5, 0.6) is 0 Å². The Morgan fingerprint density at radius 3 is 3.04 bits per heavy atom. The molecule has 0 aliphatic heterocycles. The molecule has 0 spiro atoms. The summed E-state index contributed by atoms with van der Waals surface area (Å²) in [6, 6.07) is 10.3. The number of aromatic nitrogens is 3. The molecule has 6 nitrogen and oxygen atoms in total. The van der Waals surface area contributed by atoms with Crippen LogP contribution in [0.1, 0.15) is 17.3 Å². The van der Waals surface area contributed by atoms with Crippen molar-refractivity contribution >= 4 is 22.7 Å². The minimum atomic E-state index is -0.415. The summed E-state index contributed by atoms with van der Waals surface area (Å²) < 4.78 is 7.17. The molecular formula is C17H18N4O2. The second-order valence-electron chi connectivity index (χ2n) is 5.00. The number of para-hydroxylation sites is 1. The molecule has 0 radical (unpaired) electrons. The summed E-state index contributed by atoms with van der Waals surface area (Å²) in [7, 11) is 0. The maximum Gasteiger partial charge on any atom is 0.343 e. The fourth-order valence-corrected chi connectivity index (χ4v) is 2.46. The van der Waals surface area contributed by atoms with Crippen LogP contribution in [0.25, 0.3) is 10.9 Å². The van der Waals surface area contributed by atoms with Crippen LogP contribution >= 0.6 is 0 Å². The van der Waals surface area contributed by atoms with Crippen molar-refractivity contribution in [3.63, 3.8) is 0 Å². The van der Waals surface area contributed by atoms with Gasteiger partial charge in [0.05, 0.1) is 6.61 Å². The van der Waals surface area contributed by atoms with E-state index in [-0.39, 0.29) is 0 Å². The number of esters is 1. The smallest absolute Gasteiger partial charge is 0.343 e. The van der Waals surface area contributed by atoms with Crippen molar-refractivity contribution in [3.8, 4) is 0 Å². The van der Waals surface area contributed by atoms with E-state index in [2.05, 4.69) is 44.2 Å². The maximum atomic E-state index is 11.9. The highest BCUT2D eigenvalue weighted by molar-refractivity contribution is 5.94. The molecule has 1 aromatic carbocycles. The van der Waals surface area contributed by atoms with E-state index in [1.54, 1.807) is 6.92 Å². The summed E-state index contributed by atoms with van der Waals surface area (Å²) in [6.45, 7) is 3.50. The van der Waals surface area contributed by atoms with Gasteiger partial charge < -0.3 is 14.6 Å². The molecule has 0 atom stereocenters. The van der Waals surface area contributed by atoms with E-state index in [1.807, 2.05) is 12.1 Å². The molecule has 1 N–H and O–H groups in total. The van der Waals surface area contributed by atoms with Crippen LogP contribution in [0.2, 0.25) is 0 Å². The third kappa shape index (κ3) is 3.31. The van der Waals surface area contributed by atoms with Gasteiger partial charge in [0, 0.05) is 31.0 Å². The van der Waals surface area contributed by atoms with Crippen molar-refractivity contribution in [1.82, 2.24) is 14.5 Å². The van der Waals surface area contributed by atoms with Crippen LogP contribution in [-0.4, -0.2) is 33.7 Å². The summed E-state index contributed by atoms with van der Waals surface area (Å²) in [5.41, 5.74) is 1.54. The number of carbonyl (C=O) groups is 1. The van der Waals surface area contributed by atoms with E-state index in [9.17, 15) is 4.79 Å². The maximum absolute atomic E-state index is 11.9. The van der Waals surface area contributed by atoms with Crippen LogP contribution in [0.4, 0.5) is 5.82 Å². The van der Waals surface area contributed by atoms with Gasteiger partial charge in [0.1, 0.15) is 17.7 Å². The fourth-order valence-electron chi connectivity index (χ4n) is 2.46. The summed E-state index contributed by atoms with van der Waals surface area (Å²) in [5, 5.41) is 4.39. The number of hydrogen-bond acceptors (Lipinski definition) is 5. The largest absolute Gasteiger partial charge is 0.462 e. The summed E-state index contributed by atoms with van der Waals surface area (Å²) in [5.74, 6) is 0.0805. The molecule has 2 aromatic heterocycles. The Hall–Kier alpha value is -2.89. The van der Waals surface area contributed by atoms with Gasteiger partial charge in [-0.3, -0.25) is 0 Å². The number of hydrogen-bond donors (Lipinski definition) is 1. The number of anilines is 1. The highest BCUT2D eigenvalue weighted by Gasteiger charge is 2.13. The second kappa shape index (κ2) is 6.91. The van der Waals surface area contributed by atoms with Crippen LogP contribution in [-0.2, 0) is 11.3 Å². The van der Waals surface area contributed by atoms with Crippen molar-refractivity contribution < 1.29 is 9.53 Å². The number of benzene rings is 1. The first-order valence-electron chi connectivity index (χ1n) is 7.54. The third-order valence-electron chi connectivity index (χ3n) is 3.53. The van der Waals surface area contributed by atoms with Crippen molar-refractivity contribution in [2.75, 3.05) is 18.5 Å². The molecule has 118 valence electrons. The quantitative estimate of drug-likeness (QED) is 0.709. The van der Waals surface area contributed by atoms with E-state index < -0.39 is 5.97 Å². The Bertz CT molecular complexity index is 813. The standard InChI is InChI=1S/C17H18N4O2/c1-2-23-17(22)14-11-18-12-20-16(14)19-8-10-21-9-7-13-5-3-4-6-15(13)21/h3-7,9,11-12H,2,8,10H2,1H3,(H,18,19,20). The fraction of sp³-hybridized carbons (Fsp3) is 0.235. The minimum Gasteiger partial charge on any atom is -0.462 e. The third-order valence-corrected chi connectivity index (χ3v) is 3.53. The monoisotopic (exact) mass is 310 g/mol. The number of fused-ring (bicyclic) bond motifs is 1. The number of ether oxygens (including phenoxy) is 1. The van der Waals surface area contributed by atoms with E-state index in [4.69, 9.17) is 4.74 Å². The molecule has 0 aliphatic carbocycles. The van der Waals surface area contributed by atoms with Gasteiger partial charge in [-0.25, -0.2) is 14.8 Å². The van der Waals surface area contributed by atoms with Gasteiger partial charge >= 0.3 is 5.97 Å². The Labute approximate surface area is 134 Å². The molecule has 0 aliphatic rings. The van der Waals surface area contributed by atoms with Gasteiger partial charge in [-0.2, -0.15) is 0 Å². The Kier molecular flexibility index (Phi) is 4.52. The molecule has 23 heavy (non-hydrogen) atoms. The zero-order valence-electron chi connectivity index (χ0n) is 12.9. The number of nitrogens with one attached hydrogen (secondary N) is 1.